The average molecular weight is 273 g/mol. The fraction of sp³-hybridized carbons (Fsp3) is 1.00. The Bertz CT molecular complexity index is 230. The van der Waals surface area contributed by atoms with E-state index in [1.165, 1.54) is 0 Å². The summed E-state index contributed by atoms with van der Waals surface area (Å²) in [6.07, 6.45) is 0.259. The summed E-state index contributed by atoms with van der Waals surface area (Å²) in [7, 11) is -4.16. The standard InChI is InChI=1S/C9H22ClO3PSi/c1-6-12-14(2,11)8-9(7-10)13-15(3,4)5/h9H,6-8H2,1-5H3/t9-,14?/m0/s1. The van der Waals surface area contributed by atoms with E-state index >= 15 is 0 Å². The monoisotopic (exact) mass is 272 g/mol. The first-order valence-electron chi connectivity index (χ1n) is 5.15. The van der Waals surface area contributed by atoms with Crippen molar-refractivity contribution in [3.05, 3.63) is 0 Å². The Morgan fingerprint density at radius 2 is 1.93 bits per heavy atom. The Balaban J connectivity index is 4.27. The van der Waals surface area contributed by atoms with Crippen molar-refractivity contribution in [3.63, 3.8) is 0 Å². The van der Waals surface area contributed by atoms with Crippen LogP contribution in [0, 0.1) is 0 Å². The molecule has 0 aromatic carbocycles. The van der Waals surface area contributed by atoms with E-state index in [0.29, 0.717) is 18.6 Å². The van der Waals surface area contributed by atoms with Crippen LogP contribution in [0.15, 0.2) is 0 Å². The van der Waals surface area contributed by atoms with Crippen LogP contribution in [0.4, 0.5) is 0 Å². The van der Waals surface area contributed by atoms with Crippen LogP contribution >= 0.6 is 19.0 Å². The first-order valence-corrected chi connectivity index (χ1v) is 11.3. The molecule has 0 saturated carbocycles. The van der Waals surface area contributed by atoms with E-state index in [2.05, 4.69) is 19.6 Å². The highest BCUT2D eigenvalue weighted by Gasteiger charge is 2.26. The molecule has 0 aliphatic carbocycles. The average Bonchev–Trinajstić information content (AvgIpc) is 1.99. The van der Waals surface area contributed by atoms with Crippen molar-refractivity contribution in [2.45, 2.75) is 32.7 Å². The summed E-state index contributed by atoms with van der Waals surface area (Å²) in [6.45, 7) is 10.2. The molecule has 0 radical (unpaired) electrons. The zero-order valence-corrected chi connectivity index (χ0v) is 12.9. The van der Waals surface area contributed by atoms with Gasteiger partial charge in [0.2, 0.25) is 7.37 Å². The lowest BCUT2D eigenvalue weighted by atomic mass is 10.5. The van der Waals surface area contributed by atoms with Gasteiger partial charge in [-0.05, 0) is 26.6 Å². The van der Waals surface area contributed by atoms with E-state index in [-0.39, 0.29) is 6.10 Å². The second-order valence-corrected chi connectivity index (χ2v) is 12.0. The van der Waals surface area contributed by atoms with Gasteiger partial charge in [0, 0.05) is 12.5 Å². The highest BCUT2D eigenvalue weighted by molar-refractivity contribution is 7.58. The Labute approximate surface area is 99.1 Å². The smallest absolute Gasteiger partial charge is 0.202 e. The molecule has 2 atom stereocenters. The minimum Gasteiger partial charge on any atom is -0.413 e. The molecule has 0 rings (SSSR count). The third kappa shape index (κ3) is 8.46. The molecule has 6 heteroatoms. The van der Waals surface area contributed by atoms with Gasteiger partial charge >= 0.3 is 0 Å². The van der Waals surface area contributed by atoms with Crippen molar-refractivity contribution in [1.82, 2.24) is 0 Å². The van der Waals surface area contributed by atoms with Gasteiger partial charge in [-0.1, -0.05) is 0 Å². The summed E-state index contributed by atoms with van der Waals surface area (Å²) < 4.78 is 23.0. The molecule has 0 bridgehead atoms. The molecular weight excluding hydrogens is 251 g/mol. The Kier molecular flexibility index (Phi) is 6.69. The van der Waals surface area contributed by atoms with E-state index < -0.39 is 15.7 Å². The normalized spacial score (nSPS) is 18.5. The summed E-state index contributed by atoms with van der Waals surface area (Å²) in [5.74, 6) is 0.370. The summed E-state index contributed by atoms with van der Waals surface area (Å²) >= 11 is 5.80. The van der Waals surface area contributed by atoms with Crippen LogP contribution in [0.5, 0.6) is 0 Å². The first-order chi connectivity index (χ1) is 6.70. The van der Waals surface area contributed by atoms with Crippen molar-refractivity contribution in [1.29, 1.82) is 0 Å². The molecule has 0 aliphatic rings. The number of rotatable bonds is 7. The largest absolute Gasteiger partial charge is 0.413 e. The number of hydrogen-bond acceptors (Lipinski definition) is 3. The quantitative estimate of drug-likeness (QED) is 0.405. The maximum Gasteiger partial charge on any atom is 0.202 e. The van der Waals surface area contributed by atoms with E-state index in [4.69, 9.17) is 20.6 Å². The van der Waals surface area contributed by atoms with Crippen LogP contribution < -0.4 is 0 Å². The lowest BCUT2D eigenvalue weighted by molar-refractivity contribution is 0.231. The predicted octanol–water partition coefficient (Wildman–Crippen LogP) is 3.39. The van der Waals surface area contributed by atoms with Crippen LogP contribution in [0.25, 0.3) is 0 Å². The summed E-state index contributed by atoms with van der Waals surface area (Å²) in [5.41, 5.74) is 0. The van der Waals surface area contributed by atoms with Crippen LogP contribution in [0.2, 0.25) is 19.6 Å². The zero-order valence-electron chi connectivity index (χ0n) is 10.2. The van der Waals surface area contributed by atoms with Crippen molar-refractivity contribution in [2.75, 3.05) is 25.3 Å². The molecule has 92 valence electrons. The topological polar surface area (TPSA) is 35.5 Å². The van der Waals surface area contributed by atoms with Crippen LogP contribution in [-0.2, 0) is 13.5 Å². The second-order valence-electron chi connectivity index (χ2n) is 4.62. The minimum atomic E-state index is -2.54. The molecule has 0 aromatic rings. The maximum atomic E-state index is 11.9. The first kappa shape index (κ1) is 15.7. The SMILES string of the molecule is CCOP(C)(=O)C[C@H](CCl)O[Si](C)(C)C. The highest BCUT2D eigenvalue weighted by atomic mass is 35.5. The Hall–Kier alpha value is 0.657. The van der Waals surface area contributed by atoms with Crippen molar-refractivity contribution < 1.29 is 13.5 Å². The third-order valence-electron chi connectivity index (χ3n) is 1.63. The van der Waals surface area contributed by atoms with Crippen LogP contribution in [0.1, 0.15) is 6.92 Å². The fourth-order valence-electron chi connectivity index (χ4n) is 1.31. The number of alkyl halides is 1. The molecule has 0 saturated heterocycles. The molecule has 1 unspecified atom stereocenters. The number of hydrogen-bond donors (Lipinski definition) is 0. The lowest BCUT2D eigenvalue weighted by Gasteiger charge is -2.26. The van der Waals surface area contributed by atoms with Gasteiger partial charge < -0.3 is 8.95 Å². The molecule has 0 fully saturated rings. The third-order valence-corrected chi connectivity index (χ3v) is 4.89. The van der Waals surface area contributed by atoms with Gasteiger partial charge in [0.25, 0.3) is 0 Å². The minimum absolute atomic E-state index is 0.152. The second kappa shape index (κ2) is 6.41. The molecule has 3 nitrogen and oxygen atoms in total. The highest BCUT2D eigenvalue weighted by Crippen LogP contribution is 2.43. The molecule has 15 heavy (non-hydrogen) atoms. The molecular formula is C9H22ClO3PSi. The Morgan fingerprint density at radius 3 is 2.27 bits per heavy atom. The van der Waals surface area contributed by atoms with Gasteiger partial charge in [-0.2, -0.15) is 0 Å². The van der Waals surface area contributed by atoms with Crippen molar-refractivity contribution >= 4 is 27.3 Å². The van der Waals surface area contributed by atoms with Crippen LogP contribution in [0.3, 0.4) is 0 Å². The number of halogens is 1. The van der Waals surface area contributed by atoms with Crippen LogP contribution in [-0.4, -0.2) is 39.7 Å². The van der Waals surface area contributed by atoms with Gasteiger partial charge in [-0.15, -0.1) is 11.6 Å². The maximum absolute atomic E-state index is 11.9. The van der Waals surface area contributed by atoms with E-state index in [1.54, 1.807) is 6.66 Å². The summed E-state index contributed by atoms with van der Waals surface area (Å²) in [4.78, 5) is 0. The fourth-order valence-corrected chi connectivity index (χ4v) is 4.65. The predicted molar refractivity (Wildman–Crippen MR) is 69.0 cm³/mol. The lowest BCUT2D eigenvalue weighted by Crippen LogP contribution is -2.35. The molecule has 0 N–H and O–H groups in total. The van der Waals surface area contributed by atoms with Gasteiger partial charge in [-0.3, -0.25) is 4.57 Å². The molecule has 0 spiro atoms. The molecule has 0 aliphatic heterocycles. The summed E-state index contributed by atoms with van der Waals surface area (Å²) in [6, 6.07) is 0. The van der Waals surface area contributed by atoms with E-state index in [9.17, 15) is 4.57 Å². The van der Waals surface area contributed by atoms with Crippen molar-refractivity contribution in [2.24, 2.45) is 0 Å². The van der Waals surface area contributed by atoms with E-state index in [0.717, 1.165) is 0 Å². The molecule has 0 heterocycles. The zero-order chi connectivity index (χ0) is 12.1. The van der Waals surface area contributed by atoms with Gasteiger partial charge in [0.15, 0.2) is 8.32 Å². The van der Waals surface area contributed by atoms with Gasteiger partial charge in [-0.25, -0.2) is 0 Å². The van der Waals surface area contributed by atoms with Crippen molar-refractivity contribution in [3.8, 4) is 0 Å². The molecule has 0 amide bonds. The van der Waals surface area contributed by atoms with Gasteiger partial charge in [0.05, 0.1) is 18.9 Å². The molecule has 0 aromatic heterocycles. The Morgan fingerprint density at radius 1 is 1.40 bits per heavy atom. The van der Waals surface area contributed by atoms with E-state index in [1.807, 2.05) is 6.92 Å². The van der Waals surface area contributed by atoms with Gasteiger partial charge in [0.1, 0.15) is 0 Å². The summed E-state index contributed by atoms with van der Waals surface area (Å²) in [5, 5.41) is 0.